The van der Waals surface area contributed by atoms with Gasteiger partial charge in [0, 0.05) is 6.04 Å². The molecule has 1 atom stereocenters. The van der Waals surface area contributed by atoms with Crippen molar-refractivity contribution in [3.05, 3.63) is 35.4 Å². The monoisotopic (exact) mass is 233 g/mol. The molecule has 1 saturated carbocycles. The molecule has 92 valence electrons. The fourth-order valence-corrected chi connectivity index (χ4v) is 1.95. The highest BCUT2D eigenvalue weighted by molar-refractivity contribution is 5.70. The van der Waals surface area contributed by atoms with Crippen molar-refractivity contribution in [2.45, 2.75) is 38.1 Å². The third kappa shape index (κ3) is 3.30. The first kappa shape index (κ1) is 12.1. The topological polar surface area (TPSA) is 52.3 Å². The minimum Gasteiger partial charge on any atom is -0.466 e. The molecule has 0 radical (unpaired) electrons. The molecule has 1 fully saturated rings. The summed E-state index contributed by atoms with van der Waals surface area (Å²) >= 11 is 0. The fourth-order valence-electron chi connectivity index (χ4n) is 1.95. The Kier molecular flexibility index (Phi) is 3.79. The Morgan fingerprint density at radius 3 is 2.59 bits per heavy atom. The van der Waals surface area contributed by atoms with Gasteiger partial charge < -0.3 is 10.5 Å². The zero-order valence-electron chi connectivity index (χ0n) is 10.2. The quantitative estimate of drug-likeness (QED) is 0.795. The highest BCUT2D eigenvalue weighted by Crippen LogP contribution is 2.40. The number of nitrogens with two attached hydrogens (primary N) is 1. The van der Waals surface area contributed by atoms with Crippen LogP contribution in [-0.4, -0.2) is 12.6 Å². The van der Waals surface area contributed by atoms with Gasteiger partial charge in [0.2, 0.25) is 0 Å². The van der Waals surface area contributed by atoms with E-state index in [0.29, 0.717) is 6.61 Å². The average molecular weight is 233 g/mol. The summed E-state index contributed by atoms with van der Waals surface area (Å²) in [5.74, 6) is 0.525. The summed E-state index contributed by atoms with van der Waals surface area (Å²) in [6.45, 7) is 2.21. The molecule has 0 amide bonds. The first-order chi connectivity index (χ1) is 8.20. The number of rotatable bonds is 5. The molecule has 3 heteroatoms. The zero-order valence-corrected chi connectivity index (χ0v) is 10.2. The van der Waals surface area contributed by atoms with Crippen LogP contribution in [0.25, 0.3) is 0 Å². The summed E-state index contributed by atoms with van der Waals surface area (Å²) in [4.78, 5) is 11.3. The van der Waals surface area contributed by atoms with E-state index >= 15 is 0 Å². The normalized spacial score (nSPS) is 16.6. The Labute approximate surface area is 102 Å². The molecule has 0 saturated heterocycles. The van der Waals surface area contributed by atoms with Gasteiger partial charge in [-0.15, -0.1) is 0 Å². The Morgan fingerprint density at radius 2 is 2.06 bits per heavy atom. The van der Waals surface area contributed by atoms with Crippen molar-refractivity contribution in [1.29, 1.82) is 0 Å². The lowest BCUT2D eigenvalue weighted by atomic mass is 10.0. The van der Waals surface area contributed by atoms with Crippen LogP contribution >= 0.6 is 0 Å². The van der Waals surface area contributed by atoms with Crippen molar-refractivity contribution >= 4 is 5.97 Å². The lowest BCUT2D eigenvalue weighted by Crippen LogP contribution is -2.17. The van der Waals surface area contributed by atoms with Crippen LogP contribution < -0.4 is 5.73 Å². The number of hydrogen-bond acceptors (Lipinski definition) is 3. The standard InChI is InChI=1S/C14H19NO2/c1-2-17-14(16)9-13(15)12-7-5-11(6-8-12)10-3-4-10/h5-8,10,13H,2-4,9,15H2,1H3. The molecule has 0 aromatic heterocycles. The van der Waals surface area contributed by atoms with Crippen LogP contribution in [0, 0.1) is 0 Å². The molecule has 0 aliphatic heterocycles. The molecule has 1 aromatic rings. The van der Waals surface area contributed by atoms with Gasteiger partial charge in [-0.25, -0.2) is 0 Å². The first-order valence-electron chi connectivity index (χ1n) is 6.21. The third-order valence-corrected chi connectivity index (χ3v) is 3.11. The summed E-state index contributed by atoms with van der Waals surface area (Å²) in [5, 5.41) is 0. The Bertz CT molecular complexity index is 382. The van der Waals surface area contributed by atoms with E-state index < -0.39 is 0 Å². The molecule has 2 rings (SSSR count). The van der Waals surface area contributed by atoms with Gasteiger partial charge in [-0.1, -0.05) is 24.3 Å². The smallest absolute Gasteiger partial charge is 0.307 e. The van der Waals surface area contributed by atoms with Crippen LogP contribution in [-0.2, 0) is 9.53 Å². The predicted octanol–water partition coefficient (Wildman–Crippen LogP) is 2.52. The van der Waals surface area contributed by atoms with Crippen molar-refractivity contribution in [2.75, 3.05) is 6.61 Å². The van der Waals surface area contributed by atoms with Gasteiger partial charge in [-0.3, -0.25) is 4.79 Å². The summed E-state index contributed by atoms with van der Waals surface area (Å²) in [7, 11) is 0. The second kappa shape index (κ2) is 5.32. The molecule has 1 aromatic carbocycles. The van der Waals surface area contributed by atoms with Crippen LogP contribution in [0.5, 0.6) is 0 Å². The van der Waals surface area contributed by atoms with Gasteiger partial charge in [-0.05, 0) is 36.8 Å². The van der Waals surface area contributed by atoms with Crippen LogP contribution in [0.3, 0.4) is 0 Å². The number of benzene rings is 1. The third-order valence-electron chi connectivity index (χ3n) is 3.11. The van der Waals surface area contributed by atoms with Crippen molar-refractivity contribution in [3.8, 4) is 0 Å². The van der Waals surface area contributed by atoms with Gasteiger partial charge in [0.25, 0.3) is 0 Å². The lowest BCUT2D eigenvalue weighted by Gasteiger charge is -2.11. The van der Waals surface area contributed by atoms with E-state index in [-0.39, 0.29) is 18.4 Å². The van der Waals surface area contributed by atoms with E-state index in [0.717, 1.165) is 11.5 Å². The minimum absolute atomic E-state index is 0.230. The van der Waals surface area contributed by atoms with Crippen LogP contribution in [0.15, 0.2) is 24.3 Å². The second-order valence-corrected chi connectivity index (χ2v) is 4.56. The number of ether oxygens (including phenoxy) is 1. The highest BCUT2D eigenvalue weighted by atomic mass is 16.5. The lowest BCUT2D eigenvalue weighted by molar-refractivity contribution is -0.143. The van der Waals surface area contributed by atoms with Crippen LogP contribution in [0.2, 0.25) is 0 Å². The van der Waals surface area contributed by atoms with Gasteiger partial charge in [0.05, 0.1) is 13.0 Å². The zero-order chi connectivity index (χ0) is 12.3. The summed E-state index contributed by atoms with van der Waals surface area (Å²) in [6, 6.07) is 8.03. The van der Waals surface area contributed by atoms with E-state index in [1.165, 1.54) is 18.4 Å². The largest absolute Gasteiger partial charge is 0.466 e. The molecule has 1 aliphatic rings. The SMILES string of the molecule is CCOC(=O)CC(N)c1ccc(C2CC2)cc1. The van der Waals surface area contributed by atoms with Gasteiger partial charge in [0.1, 0.15) is 0 Å². The molecule has 17 heavy (non-hydrogen) atoms. The average Bonchev–Trinajstić information content (AvgIpc) is 3.13. The van der Waals surface area contributed by atoms with Crippen LogP contribution in [0.4, 0.5) is 0 Å². The molecule has 1 unspecified atom stereocenters. The van der Waals surface area contributed by atoms with Crippen molar-refractivity contribution in [2.24, 2.45) is 5.73 Å². The number of carbonyl (C=O) groups is 1. The van der Waals surface area contributed by atoms with Crippen molar-refractivity contribution < 1.29 is 9.53 Å². The molecular formula is C14H19NO2. The van der Waals surface area contributed by atoms with Gasteiger partial charge in [0.15, 0.2) is 0 Å². The Hall–Kier alpha value is -1.35. The number of esters is 1. The second-order valence-electron chi connectivity index (χ2n) is 4.56. The van der Waals surface area contributed by atoms with E-state index in [1.54, 1.807) is 6.92 Å². The molecule has 1 aliphatic carbocycles. The van der Waals surface area contributed by atoms with Gasteiger partial charge in [-0.2, -0.15) is 0 Å². The maximum atomic E-state index is 11.3. The molecule has 0 spiro atoms. The summed E-state index contributed by atoms with van der Waals surface area (Å²) < 4.78 is 4.89. The molecule has 0 heterocycles. The summed E-state index contributed by atoms with van der Waals surface area (Å²) in [6.07, 6.45) is 2.85. The maximum absolute atomic E-state index is 11.3. The molecule has 0 bridgehead atoms. The van der Waals surface area contributed by atoms with Gasteiger partial charge >= 0.3 is 5.97 Å². The molecule has 2 N–H and O–H groups in total. The molecular weight excluding hydrogens is 214 g/mol. The van der Waals surface area contributed by atoms with Crippen LogP contribution in [0.1, 0.15) is 49.3 Å². The number of carbonyl (C=O) groups excluding carboxylic acids is 1. The first-order valence-corrected chi connectivity index (χ1v) is 6.21. The van der Waals surface area contributed by atoms with E-state index in [1.807, 2.05) is 12.1 Å². The van der Waals surface area contributed by atoms with E-state index in [2.05, 4.69) is 12.1 Å². The number of hydrogen-bond donors (Lipinski definition) is 1. The minimum atomic E-state index is -0.262. The Morgan fingerprint density at radius 1 is 1.41 bits per heavy atom. The molecule has 3 nitrogen and oxygen atoms in total. The Balaban J connectivity index is 1.93. The van der Waals surface area contributed by atoms with Crippen molar-refractivity contribution in [3.63, 3.8) is 0 Å². The summed E-state index contributed by atoms with van der Waals surface area (Å²) in [5.41, 5.74) is 8.36. The van der Waals surface area contributed by atoms with Crippen molar-refractivity contribution in [1.82, 2.24) is 0 Å². The highest BCUT2D eigenvalue weighted by Gasteiger charge is 2.23. The fraction of sp³-hybridized carbons (Fsp3) is 0.500. The maximum Gasteiger partial charge on any atom is 0.307 e. The van der Waals surface area contributed by atoms with E-state index in [4.69, 9.17) is 10.5 Å². The van der Waals surface area contributed by atoms with E-state index in [9.17, 15) is 4.79 Å². The predicted molar refractivity (Wildman–Crippen MR) is 66.6 cm³/mol.